The van der Waals surface area contributed by atoms with Crippen LogP contribution in [0.25, 0.3) is 0 Å². The predicted molar refractivity (Wildman–Crippen MR) is 71.2 cm³/mol. The van der Waals surface area contributed by atoms with E-state index >= 15 is 0 Å². The van der Waals surface area contributed by atoms with Gasteiger partial charge in [0.1, 0.15) is 0 Å². The summed E-state index contributed by atoms with van der Waals surface area (Å²) in [5, 5.41) is 7.68. The number of hydrogen-bond acceptors (Lipinski definition) is 2. The fourth-order valence-electron chi connectivity index (χ4n) is 1.71. The third-order valence-corrected chi connectivity index (χ3v) is 2.72. The Labute approximate surface area is 102 Å². The summed E-state index contributed by atoms with van der Waals surface area (Å²) >= 11 is 0. The van der Waals surface area contributed by atoms with Crippen LogP contribution < -0.4 is 5.32 Å². The van der Waals surface area contributed by atoms with Crippen molar-refractivity contribution in [3.05, 3.63) is 48.3 Å². The van der Waals surface area contributed by atoms with E-state index in [1.807, 2.05) is 16.9 Å². The lowest BCUT2D eigenvalue weighted by molar-refractivity contribution is 0.532. The second-order valence-corrected chi connectivity index (χ2v) is 4.47. The second-order valence-electron chi connectivity index (χ2n) is 4.47. The highest BCUT2D eigenvalue weighted by atomic mass is 15.3. The van der Waals surface area contributed by atoms with Gasteiger partial charge in [0.15, 0.2) is 0 Å². The molecule has 17 heavy (non-hydrogen) atoms. The van der Waals surface area contributed by atoms with Gasteiger partial charge in [-0.25, -0.2) is 0 Å². The first-order valence-electron chi connectivity index (χ1n) is 6.07. The van der Waals surface area contributed by atoms with Gasteiger partial charge in [-0.2, -0.15) is 5.10 Å². The average Bonchev–Trinajstić information content (AvgIpc) is 2.79. The monoisotopic (exact) mass is 229 g/mol. The minimum atomic E-state index is 0.416. The molecule has 3 nitrogen and oxygen atoms in total. The van der Waals surface area contributed by atoms with Gasteiger partial charge in [-0.15, -0.1) is 0 Å². The van der Waals surface area contributed by atoms with Gasteiger partial charge in [0, 0.05) is 18.8 Å². The fraction of sp³-hybridized carbons (Fsp3) is 0.357. The zero-order valence-corrected chi connectivity index (χ0v) is 10.4. The molecule has 2 rings (SSSR count). The van der Waals surface area contributed by atoms with Crippen LogP contribution in [0.2, 0.25) is 0 Å². The quantitative estimate of drug-likeness (QED) is 0.853. The first kappa shape index (κ1) is 11.7. The second kappa shape index (κ2) is 5.53. The number of aromatic nitrogens is 2. The maximum atomic E-state index is 4.30. The zero-order chi connectivity index (χ0) is 12.1. The standard InChI is InChI=1S/C14H19N3/c1-12(2)17-11-14(10-16-17)15-9-8-13-6-4-3-5-7-13/h3-7,10-12,15H,8-9H2,1-2H3. The fourth-order valence-corrected chi connectivity index (χ4v) is 1.71. The molecule has 0 saturated heterocycles. The topological polar surface area (TPSA) is 29.9 Å². The first-order valence-corrected chi connectivity index (χ1v) is 6.07. The van der Waals surface area contributed by atoms with Crippen LogP contribution in [0, 0.1) is 0 Å². The molecule has 90 valence electrons. The lowest BCUT2D eigenvalue weighted by Gasteiger charge is -2.05. The van der Waals surface area contributed by atoms with Crippen molar-refractivity contribution in [3.8, 4) is 0 Å². The lowest BCUT2D eigenvalue weighted by Crippen LogP contribution is -2.04. The van der Waals surface area contributed by atoms with Crippen LogP contribution in [0.1, 0.15) is 25.5 Å². The Hall–Kier alpha value is -1.77. The Bertz CT molecular complexity index is 446. The highest BCUT2D eigenvalue weighted by Gasteiger charge is 2.00. The first-order chi connectivity index (χ1) is 8.25. The molecule has 0 aliphatic heterocycles. The summed E-state index contributed by atoms with van der Waals surface area (Å²) in [6.45, 7) is 5.19. The number of benzene rings is 1. The Balaban J connectivity index is 1.82. The maximum Gasteiger partial charge on any atom is 0.0726 e. The van der Waals surface area contributed by atoms with Crippen molar-refractivity contribution in [2.45, 2.75) is 26.3 Å². The largest absolute Gasteiger partial charge is 0.382 e. The minimum absolute atomic E-state index is 0.416. The predicted octanol–water partition coefficient (Wildman–Crippen LogP) is 3.12. The van der Waals surface area contributed by atoms with E-state index in [4.69, 9.17) is 0 Å². The number of nitrogens with zero attached hydrogens (tertiary/aromatic N) is 2. The number of rotatable bonds is 5. The average molecular weight is 229 g/mol. The summed E-state index contributed by atoms with van der Waals surface area (Å²) in [7, 11) is 0. The summed E-state index contributed by atoms with van der Waals surface area (Å²) in [5.41, 5.74) is 2.45. The number of nitrogens with one attached hydrogen (secondary N) is 1. The van der Waals surface area contributed by atoms with Crippen LogP contribution in [0.5, 0.6) is 0 Å². The minimum Gasteiger partial charge on any atom is -0.382 e. The molecule has 0 radical (unpaired) electrons. The Morgan fingerprint density at radius 1 is 1.24 bits per heavy atom. The van der Waals surface area contributed by atoms with Crippen LogP contribution in [-0.4, -0.2) is 16.3 Å². The van der Waals surface area contributed by atoms with Crippen molar-refractivity contribution in [2.75, 3.05) is 11.9 Å². The van der Waals surface area contributed by atoms with Gasteiger partial charge in [-0.05, 0) is 25.8 Å². The molecule has 0 bridgehead atoms. The molecule has 0 unspecified atom stereocenters. The van der Waals surface area contributed by atoms with E-state index < -0.39 is 0 Å². The Morgan fingerprint density at radius 2 is 2.00 bits per heavy atom. The molecular formula is C14H19N3. The third-order valence-electron chi connectivity index (χ3n) is 2.72. The number of hydrogen-bond donors (Lipinski definition) is 1. The van der Waals surface area contributed by atoms with Crippen LogP contribution in [0.15, 0.2) is 42.7 Å². The SMILES string of the molecule is CC(C)n1cc(NCCc2ccccc2)cn1. The van der Waals surface area contributed by atoms with Gasteiger partial charge in [-0.1, -0.05) is 30.3 Å². The summed E-state index contributed by atoms with van der Waals surface area (Å²) in [4.78, 5) is 0. The van der Waals surface area contributed by atoms with Crippen LogP contribution in [0.4, 0.5) is 5.69 Å². The smallest absolute Gasteiger partial charge is 0.0726 e. The zero-order valence-electron chi connectivity index (χ0n) is 10.4. The summed E-state index contributed by atoms with van der Waals surface area (Å²) in [6, 6.07) is 10.9. The van der Waals surface area contributed by atoms with Gasteiger partial charge < -0.3 is 5.32 Å². The van der Waals surface area contributed by atoms with E-state index in [2.05, 4.69) is 54.7 Å². The molecule has 1 aromatic carbocycles. The van der Waals surface area contributed by atoms with Gasteiger partial charge in [0.25, 0.3) is 0 Å². The van der Waals surface area contributed by atoms with Gasteiger partial charge in [0.05, 0.1) is 11.9 Å². The van der Waals surface area contributed by atoms with E-state index in [-0.39, 0.29) is 0 Å². The van der Waals surface area contributed by atoms with E-state index in [0.29, 0.717) is 6.04 Å². The van der Waals surface area contributed by atoms with Gasteiger partial charge in [-0.3, -0.25) is 4.68 Å². The molecule has 0 amide bonds. The third kappa shape index (κ3) is 3.34. The van der Waals surface area contributed by atoms with Crippen molar-refractivity contribution in [1.29, 1.82) is 0 Å². The van der Waals surface area contributed by atoms with E-state index in [1.165, 1.54) is 5.56 Å². The van der Waals surface area contributed by atoms with Crippen LogP contribution in [0.3, 0.4) is 0 Å². The molecule has 1 N–H and O–H groups in total. The highest BCUT2D eigenvalue weighted by Crippen LogP contribution is 2.10. The number of anilines is 1. The van der Waals surface area contributed by atoms with E-state index in [1.54, 1.807) is 0 Å². The van der Waals surface area contributed by atoms with Crippen LogP contribution in [-0.2, 0) is 6.42 Å². The Morgan fingerprint density at radius 3 is 2.65 bits per heavy atom. The molecule has 0 aliphatic carbocycles. The summed E-state index contributed by atoms with van der Waals surface area (Å²) in [6.07, 6.45) is 4.97. The molecule has 1 aromatic heterocycles. The molecule has 3 heteroatoms. The van der Waals surface area contributed by atoms with Crippen molar-refractivity contribution in [1.82, 2.24) is 9.78 Å². The van der Waals surface area contributed by atoms with Crippen molar-refractivity contribution in [3.63, 3.8) is 0 Å². The van der Waals surface area contributed by atoms with Gasteiger partial charge in [0.2, 0.25) is 0 Å². The van der Waals surface area contributed by atoms with Crippen LogP contribution >= 0.6 is 0 Å². The maximum absolute atomic E-state index is 4.30. The van der Waals surface area contributed by atoms with Crippen molar-refractivity contribution in [2.24, 2.45) is 0 Å². The van der Waals surface area contributed by atoms with E-state index in [9.17, 15) is 0 Å². The molecule has 0 saturated carbocycles. The summed E-state index contributed by atoms with van der Waals surface area (Å²) < 4.78 is 1.96. The molecule has 0 aliphatic rings. The molecule has 0 atom stereocenters. The molecule has 2 aromatic rings. The highest BCUT2D eigenvalue weighted by molar-refractivity contribution is 5.38. The molecule has 0 spiro atoms. The van der Waals surface area contributed by atoms with Gasteiger partial charge >= 0.3 is 0 Å². The Kier molecular flexibility index (Phi) is 3.81. The normalized spacial score (nSPS) is 10.8. The molecule has 1 heterocycles. The lowest BCUT2D eigenvalue weighted by atomic mass is 10.1. The van der Waals surface area contributed by atoms with Crippen molar-refractivity contribution < 1.29 is 0 Å². The summed E-state index contributed by atoms with van der Waals surface area (Å²) in [5.74, 6) is 0. The molecule has 0 fully saturated rings. The van der Waals surface area contributed by atoms with E-state index in [0.717, 1.165) is 18.7 Å². The molecular weight excluding hydrogens is 210 g/mol. The van der Waals surface area contributed by atoms with Crippen molar-refractivity contribution >= 4 is 5.69 Å².